The Morgan fingerprint density at radius 2 is 1.95 bits per heavy atom. The van der Waals surface area contributed by atoms with E-state index in [9.17, 15) is 0 Å². The van der Waals surface area contributed by atoms with Crippen LogP contribution in [0, 0.1) is 0 Å². The number of fused-ring (bicyclic) bond motifs is 1. The molecule has 0 aliphatic carbocycles. The van der Waals surface area contributed by atoms with Gasteiger partial charge in [-0.3, -0.25) is 0 Å². The van der Waals surface area contributed by atoms with Crippen molar-refractivity contribution in [1.29, 1.82) is 0 Å². The van der Waals surface area contributed by atoms with E-state index in [0.29, 0.717) is 10.9 Å². The second kappa shape index (κ2) is 7.42. The maximum atomic E-state index is 5.82. The fraction of sp³-hybridized carbons (Fsp3) is 0.474. The molecule has 2 aromatic carbocycles. The van der Waals surface area contributed by atoms with E-state index in [1.807, 2.05) is 0 Å². The third-order valence-corrected chi connectivity index (χ3v) is 5.13. The van der Waals surface area contributed by atoms with Crippen LogP contribution in [0.3, 0.4) is 0 Å². The van der Waals surface area contributed by atoms with Gasteiger partial charge in [0.2, 0.25) is 0 Å². The van der Waals surface area contributed by atoms with Gasteiger partial charge in [-0.25, -0.2) is 0 Å². The molecule has 1 aliphatic heterocycles. The molecule has 0 bridgehead atoms. The highest BCUT2D eigenvalue weighted by Crippen LogP contribution is 2.23. The molecule has 1 fully saturated rings. The fourth-order valence-electron chi connectivity index (χ4n) is 3.13. The van der Waals surface area contributed by atoms with E-state index >= 15 is 0 Å². The Hall–Kier alpha value is -0.860. The summed E-state index contributed by atoms with van der Waals surface area (Å²) in [6.45, 7) is 0.961. The monoisotopic (exact) mass is 346 g/mol. The molecule has 2 atom stereocenters. The summed E-state index contributed by atoms with van der Waals surface area (Å²) in [4.78, 5) is 0.546. The normalized spacial score (nSPS) is 20.5. The number of rotatable bonds is 5. The molecule has 0 radical (unpaired) electrons. The Labute approximate surface area is 135 Å². The Morgan fingerprint density at radius 1 is 1.10 bits per heavy atom. The zero-order valence-electron chi connectivity index (χ0n) is 12.4. The minimum absolute atomic E-state index is 0.496. The van der Waals surface area contributed by atoms with Crippen molar-refractivity contribution in [2.45, 2.75) is 49.5 Å². The summed E-state index contributed by atoms with van der Waals surface area (Å²) in [7, 11) is 0. The largest absolute Gasteiger partial charge is 0.378 e. The zero-order chi connectivity index (χ0) is 14.5. The first-order valence-electron chi connectivity index (χ1n) is 8.04. The first-order valence-corrected chi connectivity index (χ1v) is 8.96. The van der Waals surface area contributed by atoms with Gasteiger partial charge in [0.25, 0.3) is 0 Å². The summed E-state index contributed by atoms with van der Waals surface area (Å²) < 4.78 is 5.82. The van der Waals surface area contributed by atoms with Crippen LogP contribution in [0.4, 0.5) is 0 Å². The second-order valence-corrected chi connectivity index (χ2v) is 7.34. The molecule has 21 heavy (non-hydrogen) atoms. The van der Waals surface area contributed by atoms with Crippen LogP contribution in [0.25, 0.3) is 10.8 Å². The molecule has 0 saturated carbocycles. The highest BCUT2D eigenvalue weighted by Gasteiger charge is 2.15. The summed E-state index contributed by atoms with van der Waals surface area (Å²) in [6, 6.07) is 15.4. The van der Waals surface area contributed by atoms with E-state index < -0.39 is 0 Å². The Balaban J connectivity index is 1.54. The van der Waals surface area contributed by atoms with Crippen LogP contribution in [0.2, 0.25) is 0 Å². The maximum absolute atomic E-state index is 5.82. The van der Waals surface area contributed by atoms with E-state index in [0.717, 1.165) is 13.0 Å². The predicted molar refractivity (Wildman–Crippen MR) is 93.2 cm³/mol. The molecule has 1 saturated heterocycles. The number of hydrogen-bond donors (Lipinski definition) is 0. The van der Waals surface area contributed by atoms with E-state index in [2.05, 4.69) is 58.4 Å². The molecular weight excluding hydrogens is 324 g/mol. The van der Waals surface area contributed by atoms with Crippen molar-refractivity contribution >= 4 is 26.7 Å². The van der Waals surface area contributed by atoms with E-state index in [1.54, 1.807) is 0 Å². The van der Waals surface area contributed by atoms with Gasteiger partial charge in [-0.05, 0) is 54.9 Å². The van der Waals surface area contributed by atoms with Gasteiger partial charge in [0.15, 0.2) is 0 Å². The molecule has 2 unspecified atom stereocenters. The van der Waals surface area contributed by atoms with Gasteiger partial charge in [-0.15, -0.1) is 0 Å². The highest BCUT2D eigenvalue weighted by molar-refractivity contribution is 9.09. The average molecular weight is 347 g/mol. The SMILES string of the molecule is BrC(CCC1CCCCO1)Cc1ccc2ccccc2c1. The lowest BCUT2D eigenvalue weighted by atomic mass is 9.99. The van der Waals surface area contributed by atoms with Crippen molar-refractivity contribution in [3.8, 4) is 0 Å². The lowest BCUT2D eigenvalue weighted by Crippen LogP contribution is -2.20. The van der Waals surface area contributed by atoms with Crippen LogP contribution in [0.15, 0.2) is 42.5 Å². The van der Waals surface area contributed by atoms with Gasteiger partial charge >= 0.3 is 0 Å². The third-order valence-electron chi connectivity index (χ3n) is 4.35. The van der Waals surface area contributed by atoms with Crippen molar-refractivity contribution in [1.82, 2.24) is 0 Å². The molecule has 1 aliphatic rings. The predicted octanol–water partition coefficient (Wildman–Crippen LogP) is 5.50. The molecule has 2 aromatic rings. The number of ether oxygens (including phenoxy) is 1. The van der Waals surface area contributed by atoms with Gasteiger partial charge < -0.3 is 4.74 Å². The lowest BCUT2D eigenvalue weighted by molar-refractivity contribution is 0.0102. The summed E-state index contributed by atoms with van der Waals surface area (Å²) in [5.41, 5.74) is 1.42. The van der Waals surface area contributed by atoms with Gasteiger partial charge in [0.05, 0.1) is 6.10 Å². The van der Waals surface area contributed by atoms with Crippen LogP contribution in [-0.2, 0) is 11.2 Å². The number of alkyl halides is 1. The topological polar surface area (TPSA) is 9.23 Å². The highest BCUT2D eigenvalue weighted by atomic mass is 79.9. The standard InChI is InChI=1S/C19H23BrO/c20-18(10-11-19-7-3-4-12-21-19)14-15-8-9-16-5-1-2-6-17(16)13-15/h1-2,5-6,8-9,13,18-19H,3-4,7,10-12,14H2. The third kappa shape index (κ3) is 4.31. The second-order valence-electron chi connectivity index (χ2n) is 6.05. The van der Waals surface area contributed by atoms with Crippen molar-refractivity contribution < 1.29 is 4.74 Å². The number of benzene rings is 2. The van der Waals surface area contributed by atoms with Crippen LogP contribution < -0.4 is 0 Å². The number of halogens is 1. The quantitative estimate of drug-likeness (QED) is 0.650. The first-order chi connectivity index (χ1) is 10.3. The van der Waals surface area contributed by atoms with E-state index in [1.165, 1.54) is 48.4 Å². The van der Waals surface area contributed by atoms with Crippen molar-refractivity contribution in [3.05, 3.63) is 48.0 Å². The smallest absolute Gasteiger partial charge is 0.0575 e. The first kappa shape index (κ1) is 15.1. The van der Waals surface area contributed by atoms with Gasteiger partial charge in [-0.1, -0.05) is 58.4 Å². The van der Waals surface area contributed by atoms with E-state index in [-0.39, 0.29) is 0 Å². The van der Waals surface area contributed by atoms with Gasteiger partial charge in [-0.2, -0.15) is 0 Å². The zero-order valence-corrected chi connectivity index (χ0v) is 14.0. The van der Waals surface area contributed by atoms with Crippen molar-refractivity contribution in [3.63, 3.8) is 0 Å². The minimum atomic E-state index is 0.496. The molecule has 3 rings (SSSR count). The van der Waals surface area contributed by atoms with Crippen molar-refractivity contribution in [2.75, 3.05) is 6.61 Å². The molecule has 0 amide bonds. The molecule has 0 spiro atoms. The number of hydrogen-bond acceptors (Lipinski definition) is 1. The molecule has 0 aromatic heterocycles. The molecule has 112 valence electrons. The van der Waals surface area contributed by atoms with Gasteiger partial charge in [0.1, 0.15) is 0 Å². The van der Waals surface area contributed by atoms with Gasteiger partial charge in [0, 0.05) is 11.4 Å². The average Bonchev–Trinajstić information content (AvgIpc) is 2.54. The minimum Gasteiger partial charge on any atom is -0.378 e. The van der Waals surface area contributed by atoms with Crippen LogP contribution >= 0.6 is 15.9 Å². The summed E-state index contributed by atoms with van der Waals surface area (Å²) in [5.74, 6) is 0. The van der Waals surface area contributed by atoms with E-state index in [4.69, 9.17) is 4.74 Å². The van der Waals surface area contributed by atoms with Crippen LogP contribution in [-0.4, -0.2) is 17.5 Å². The summed E-state index contributed by atoms with van der Waals surface area (Å²) in [6.07, 6.45) is 7.79. The fourth-order valence-corrected chi connectivity index (χ4v) is 3.76. The summed E-state index contributed by atoms with van der Waals surface area (Å²) in [5, 5.41) is 2.66. The van der Waals surface area contributed by atoms with Crippen LogP contribution in [0.1, 0.15) is 37.7 Å². The Bertz CT molecular complexity index is 575. The molecular formula is C19H23BrO. The molecule has 1 heterocycles. The molecule has 2 heteroatoms. The molecule has 1 nitrogen and oxygen atoms in total. The lowest BCUT2D eigenvalue weighted by Gasteiger charge is -2.23. The molecule has 0 N–H and O–H groups in total. The Morgan fingerprint density at radius 3 is 2.76 bits per heavy atom. The van der Waals surface area contributed by atoms with Crippen LogP contribution in [0.5, 0.6) is 0 Å². The summed E-state index contributed by atoms with van der Waals surface area (Å²) >= 11 is 3.85. The Kier molecular flexibility index (Phi) is 5.32. The maximum Gasteiger partial charge on any atom is 0.0575 e. The van der Waals surface area contributed by atoms with Crippen molar-refractivity contribution in [2.24, 2.45) is 0 Å².